The monoisotopic (exact) mass is 401 g/mol. The van der Waals surface area contributed by atoms with E-state index in [1.807, 2.05) is 30.3 Å². The van der Waals surface area contributed by atoms with E-state index in [9.17, 15) is 0 Å². The highest BCUT2D eigenvalue weighted by Crippen LogP contribution is 2.33. The molecule has 3 heterocycles. The second-order valence-corrected chi connectivity index (χ2v) is 7.30. The maximum absolute atomic E-state index is 6.19. The Hall–Kier alpha value is -2.84. The van der Waals surface area contributed by atoms with Gasteiger partial charge in [-0.3, -0.25) is 0 Å². The molecule has 0 spiro atoms. The molecule has 0 unspecified atom stereocenters. The molecule has 3 aromatic heterocycles. The van der Waals surface area contributed by atoms with E-state index in [-0.39, 0.29) is 0 Å². The number of nitrogens with zero attached hydrogens (tertiary/aromatic N) is 4. The molecule has 9 heteroatoms. The number of hydrogen-bond acceptors (Lipinski definition) is 7. The van der Waals surface area contributed by atoms with Gasteiger partial charge >= 0.3 is 0 Å². The Labute approximate surface area is 164 Å². The molecule has 0 saturated heterocycles. The van der Waals surface area contributed by atoms with Crippen LogP contribution in [0.4, 0.5) is 5.82 Å². The minimum Gasteiger partial charge on any atom is -0.493 e. The Bertz CT molecular complexity index is 1080. The fourth-order valence-corrected chi connectivity index (χ4v) is 3.76. The molecule has 4 rings (SSSR count). The van der Waals surface area contributed by atoms with Gasteiger partial charge in [0, 0.05) is 18.9 Å². The lowest BCUT2D eigenvalue weighted by Gasteiger charge is -2.11. The fraction of sp³-hybridized carbons (Fsp3) is 0.167. The van der Waals surface area contributed by atoms with Crippen molar-refractivity contribution in [2.45, 2.75) is 6.54 Å². The molecule has 1 N–H and O–H groups in total. The van der Waals surface area contributed by atoms with Gasteiger partial charge in [-0.25, -0.2) is 4.68 Å². The molecular formula is C18H16ClN5O2S. The highest BCUT2D eigenvalue weighted by Gasteiger charge is 2.13. The van der Waals surface area contributed by atoms with E-state index in [1.54, 1.807) is 31.3 Å². The summed E-state index contributed by atoms with van der Waals surface area (Å²) in [6.45, 7) is 0.554. The van der Waals surface area contributed by atoms with Gasteiger partial charge in [-0.2, -0.15) is 15.1 Å². The van der Waals surface area contributed by atoms with Crippen LogP contribution in [0.15, 0.2) is 42.7 Å². The molecule has 27 heavy (non-hydrogen) atoms. The summed E-state index contributed by atoms with van der Waals surface area (Å²) in [6, 6.07) is 9.47. The summed E-state index contributed by atoms with van der Waals surface area (Å²) < 4.78 is 12.9. The normalized spacial score (nSPS) is 10.9. The van der Waals surface area contributed by atoms with Gasteiger partial charge in [-0.1, -0.05) is 17.7 Å². The van der Waals surface area contributed by atoms with Crippen LogP contribution in [0.5, 0.6) is 11.5 Å². The van der Waals surface area contributed by atoms with Crippen molar-refractivity contribution in [2.75, 3.05) is 19.5 Å². The molecule has 0 fully saturated rings. The number of nitrogens with one attached hydrogen (secondary N) is 1. The number of ether oxygens (including phenoxy) is 2. The Morgan fingerprint density at radius 3 is 2.74 bits per heavy atom. The summed E-state index contributed by atoms with van der Waals surface area (Å²) in [6.07, 6.45) is 3.49. The number of aromatic nitrogens is 4. The first-order valence-electron chi connectivity index (χ1n) is 8.10. The molecule has 0 aliphatic carbocycles. The summed E-state index contributed by atoms with van der Waals surface area (Å²) in [5, 5.41) is 8.45. The van der Waals surface area contributed by atoms with Gasteiger partial charge in [0.2, 0.25) is 0 Å². The van der Waals surface area contributed by atoms with Gasteiger partial charge in [0.25, 0.3) is 5.95 Å². The number of thiophene rings is 1. The number of rotatable bonds is 6. The van der Waals surface area contributed by atoms with Crippen LogP contribution < -0.4 is 14.8 Å². The van der Waals surface area contributed by atoms with Crippen molar-refractivity contribution in [1.82, 2.24) is 19.7 Å². The van der Waals surface area contributed by atoms with Crippen LogP contribution in [0.1, 0.15) is 5.56 Å². The van der Waals surface area contributed by atoms with E-state index in [0.717, 1.165) is 15.8 Å². The SMILES string of the molecule is COc1ccc(CNc2nc(-n3cccn3)nc3sc(Cl)cc23)cc1OC. The Morgan fingerprint density at radius 1 is 1.15 bits per heavy atom. The van der Waals surface area contributed by atoms with E-state index < -0.39 is 0 Å². The summed E-state index contributed by atoms with van der Waals surface area (Å²) in [5.41, 5.74) is 1.03. The van der Waals surface area contributed by atoms with Gasteiger partial charge in [0.15, 0.2) is 11.5 Å². The van der Waals surface area contributed by atoms with Crippen molar-refractivity contribution in [3.8, 4) is 17.4 Å². The van der Waals surface area contributed by atoms with Crippen molar-refractivity contribution in [1.29, 1.82) is 0 Å². The average Bonchev–Trinajstić information content (AvgIpc) is 3.34. The number of methoxy groups -OCH3 is 2. The molecule has 0 radical (unpaired) electrons. The Balaban J connectivity index is 1.67. The zero-order valence-corrected chi connectivity index (χ0v) is 16.2. The van der Waals surface area contributed by atoms with Gasteiger partial charge in [0.05, 0.1) is 23.9 Å². The second-order valence-electron chi connectivity index (χ2n) is 5.64. The Morgan fingerprint density at radius 2 is 2.00 bits per heavy atom. The molecule has 0 bridgehead atoms. The maximum atomic E-state index is 6.19. The van der Waals surface area contributed by atoms with E-state index >= 15 is 0 Å². The van der Waals surface area contributed by atoms with E-state index in [4.69, 9.17) is 21.1 Å². The van der Waals surface area contributed by atoms with Gasteiger partial charge in [-0.05, 0) is 29.8 Å². The first-order valence-corrected chi connectivity index (χ1v) is 9.29. The minimum absolute atomic E-state index is 0.487. The van der Waals surface area contributed by atoms with Gasteiger partial charge in [0.1, 0.15) is 10.6 Å². The lowest BCUT2D eigenvalue weighted by atomic mass is 10.2. The first-order chi connectivity index (χ1) is 13.2. The molecule has 1 aromatic carbocycles. The lowest BCUT2D eigenvalue weighted by molar-refractivity contribution is 0.354. The number of benzene rings is 1. The molecule has 0 saturated carbocycles. The predicted molar refractivity (Wildman–Crippen MR) is 106 cm³/mol. The number of anilines is 1. The highest BCUT2D eigenvalue weighted by atomic mass is 35.5. The third-order valence-electron chi connectivity index (χ3n) is 3.97. The molecule has 0 amide bonds. The van der Waals surface area contributed by atoms with Crippen LogP contribution in [0, 0.1) is 0 Å². The molecular weight excluding hydrogens is 386 g/mol. The van der Waals surface area contributed by atoms with Gasteiger partial charge in [-0.15, -0.1) is 11.3 Å². The third kappa shape index (κ3) is 3.54. The van der Waals surface area contributed by atoms with Crippen LogP contribution >= 0.6 is 22.9 Å². The Kier molecular flexibility index (Phi) is 4.83. The zero-order valence-electron chi connectivity index (χ0n) is 14.6. The third-order valence-corrected chi connectivity index (χ3v) is 5.13. The zero-order chi connectivity index (χ0) is 18.8. The maximum Gasteiger partial charge on any atom is 0.253 e. The molecule has 4 aromatic rings. The number of hydrogen-bond donors (Lipinski definition) is 1. The number of halogens is 1. The average molecular weight is 402 g/mol. The van der Waals surface area contributed by atoms with Crippen LogP contribution in [-0.2, 0) is 6.54 Å². The van der Waals surface area contributed by atoms with Crippen molar-refractivity contribution < 1.29 is 9.47 Å². The van der Waals surface area contributed by atoms with Crippen LogP contribution in [0.25, 0.3) is 16.2 Å². The minimum atomic E-state index is 0.487. The van der Waals surface area contributed by atoms with Crippen LogP contribution in [0.3, 0.4) is 0 Å². The van der Waals surface area contributed by atoms with E-state index in [0.29, 0.717) is 34.1 Å². The van der Waals surface area contributed by atoms with E-state index in [2.05, 4.69) is 20.4 Å². The standard InChI is InChI=1S/C18H16ClN5O2S/c1-25-13-5-4-11(8-14(13)26-2)10-20-16-12-9-15(19)27-17(12)23-18(22-16)24-7-3-6-21-24/h3-9H,10H2,1-2H3,(H,20,22,23). The smallest absolute Gasteiger partial charge is 0.253 e. The summed E-state index contributed by atoms with van der Waals surface area (Å²) in [4.78, 5) is 9.97. The summed E-state index contributed by atoms with van der Waals surface area (Å²) >= 11 is 7.60. The fourth-order valence-electron chi connectivity index (χ4n) is 2.68. The molecule has 138 valence electrons. The first kappa shape index (κ1) is 17.6. The van der Waals surface area contributed by atoms with Crippen LogP contribution in [0.2, 0.25) is 4.34 Å². The van der Waals surface area contributed by atoms with Gasteiger partial charge < -0.3 is 14.8 Å². The van der Waals surface area contributed by atoms with E-state index in [1.165, 1.54) is 11.3 Å². The largest absolute Gasteiger partial charge is 0.493 e. The molecule has 0 aliphatic rings. The van der Waals surface area contributed by atoms with Crippen molar-refractivity contribution in [3.05, 3.63) is 52.6 Å². The molecule has 0 atom stereocenters. The number of fused-ring (bicyclic) bond motifs is 1. The molecule has 0 aliphatic heterocycles. The quantitative estimate of drug-likeness (QED) is 0.523. The lowest BCUT2D eigenvalue weighted by Crippen LogP contribution is -2.07. The van der Waals surface area contributed by atoms with Crippen molar-refractivity contribution >= 4 is 39.0 Å². The molecule has 7 nitrogen and oxygen atoms in total. The van der Waals surface area contributed by atoms with Crippen LogP contribution in [-0.4, -0.2) is 34.0 Å². The topological polar surface area (TPSA) is 74.1 Å². The summed E-state index contributed by atoms with van der Waals surface area (Å²) in [7, 11) is 3.23. The van der Waals surface area contributed by atoms with Crippen molar-refractivity contribution in [2.24, 2.45) is 0 Å². The summed E-state index contributed by atoms with van der Waals surface area (Å²) in [5.74, 6) is 2.56. The highest BCUT2D eigenvalue weighted by molar-refractivity contribution is 7.22. The van der Waals surface area contributed by atoms with Crippen molar-refractivity contribution in [3.63, 3.8) is 0 Å². The predicted octanol–water partition coefficient (Wildman–Crippen LogP) is 4.16. The second kappa shape index (κ2) is 7.42.